The summed E-state index contributed by atoms with van der Waals surface area (Å²) >= 11 is 11.8. The maximum absolute atomic E-state index is 6.09. The van der Waals surface area contributed by atoms with E-state index in [4.69, 9.17) is 27.6 Å². The number of aromatic nitrogens is 1. The van der Waals surface area contributed by atoms with Gasteiger partial charge in [0, 0.05) is 18.6 Å². The molecule has 0 atom stereocenters. The minimum absolute atomic E-state index is 0.351. The molecule has 5 heteroatoms. The topological polar surface area (TPSA) is 29.3 Å². The molecule has 0 saturated heterocycles. The van der Waals surface area contributed by atoms with Gasteiger partial charge in [-0.05, 0) is 11.6 Å². The van der Waals surface area contributed by atoms with Crippen LogP contribution in [-0.2, 0) is 12.4 Å². The summed E-state index contributed by atoms with van der Waals surface area (Å²) in [5, 5.41) is 0.739. The van der Waals surface area contributed by atoms with Crippen molar-refractivity contribution in [2.24, 2.45) is 0 Å². The van der Waals surface area contributed by atoms with Crippen molar-refractivity contribution in [2.45, 2.75) is 12.4 Å². The molecule has 2 rings (SSSR count). The summed E-state index contributed by atoms with van der Waals surface area (Å²) in [6, 6.07) is 8.24. The second-order valence-electron chi connectivity index (χ2n) is 3.70. The van der Waals surface area contributed by atoms with Gasteiger partial charge < -0.3 is 9.32 Å². The number of hydrogen-bond acceptors (Lipinski definition) is 3. The second kappa shape index (κ2) is 5.43. The second-order valence-corrected chi connectivity index (χ2v) is 4.38. The molecule has 1 aromatic carbocycles. The third-order valence-electron chi connectivity index (χ3n) is 2.37. The first-order chi connectivity index (χ1) is 8.20. The number of nitrogens with zero attached hydrogens (tertiary/aromatic N) is 2. The zero-order chi connectivity index (χ0) is 12.3. The Balaban J connectivity index is 2.11. The summed E-state index contributed by atoms with van der Waals surface area (Å²) in [6.07, 6.45) is 1.56. The standard InChI is InChI=1S/C12H12Cl2N2O/c1-16(12-15-10(6-13)8-17-12)7-9-4-2-3-5-11(9)14/h2-5,8H,6-7H2,1H3. The van der Waals surface area contributed by atoms with Crippen LogP contribution in [0.4, 0.5) is 6.01 Å². The number of halogens is 2. The highest BCUT2D eigenvalue weighted by atomic mass is 35.5. The number of alkyl halides is 1. The van der Waals surface area contributed by atoms with E-state index in [-0.39, 0.29) is 0 Å². The molecule has 17 heavy (non-hydrogen) atoms. The lowest BCUT2D eigenvalue weighted by Crippen LogP contribution is -2.16. The highest BCUT2D eigenvalue weighted by Crippen LogP contribution is 2.20. The van der Waals surface area contributed by atoms with Crippen LogP contribution >= 0.6 is 23.2 Å². The molecular formula is C12H12Cl2N2O. The Bertz CT molecular complexity index is 499. The Kier molecular flexibility index (Phi) is 3.92. The smallest absolute Gasteiger partial charge is 0.297 e. The molecule has 0 spiro atoms. The van der Waals surface area contributed by atoms with Gasteiger partial charge in [0.15, 0.2) is 0 Å². The zero-order valence-electron chi connectivity index (χ0n) is 9.36. The predicted molar refractivity (Wildman–Crippen MR) is 69.6 cm³/mol. The summed E-state index contributed by atoms with van der Waals surface area (Å²) in [7, 11) is 1.90. The van der Waals surface area contributed by atoms with Crippen molar-refractivity contribution in [2.75, 3.05) is 11.9 Å². The first kappa shape index (κ1) is 12.3. The Hall–Kier alpha value is -1.19. The zero-order valence-corrected chi connectivity index (χ0v) is 10.9. The van der Waals surface area contributed by atoms with Gasteiger partial charge in [0.2, 0.25) is 0 Å². The van der Waals surface area contributed by atoms with Crippen LogP contribution in [-0.4, -0.2) is 12.0 Å². The summed E-state index contributed by atoms with van der Waals surface area (Å²) in [4.78, 5) is 6.12. The number of anilines is 1. The molecule has 3 nitrogen and oxygen atoms in total. The lowest BCUT2D eigenvalue weighted by molar-refractivity contribution is 0.544. The van der Waals surface area contributed by atoms with Crippen molar-refractivity contribution in [3.8, 4) is 0 Å². The van der Waals surface area contributed by atoms with Gasteiger partial charge in [-0.1, -0.05) is 29.8 Å². The minimum Gasteiger partial charge on any atom is -0.432 e. The van der Waals surface area contributed by atoms with Crippen LogP contribution in [0.25, 0.3) is 0 Å². The number of oxazole rings is 1. The van der Waals surface area contributed by atoms with Crippen molar-refractivity contribution in [3.05, 3.63) is 46.8 Å². The van der Waals surface area contributed by atoms with E-state index in [0.717, 1.165) is 16.3 Å². The molecular weight excluding hydrogens is 259 g/mol. The fourth-order valence-electron chi connectivity index (χ4n) is 1.48. The minimum atomic E-state index is 0.351. The van der Waals surface area contributed by atoms with Gasteiger partial charge in [0.05, 0.1) is 11.6 Å². The molecule has 0 saturated carbocycles. The van der Waals surface area contributed by atoms with E-state index in [2.05, 4.69) is 4.98 Å². The molecule has 0 aliphatic heterocycles. The van der Waals surface area contributed by atoms with Crippen molar-refractivity contribution in [1.29, 1.82) is 0 Å². The van der Waals surface area contributed by atoms with Gasteiger partial charge in [-0.25, -0.2) is 0 Å². The average molecular weight is 271 g/mol. The summed E-state index contributed by atoms with van der Waals surface area (Å²) in [6.45, 7) is 0.641. The molecule has 0 fully saturated rings. The third-order valence-corrected chi connectivity index (χ3v) is 3.01. The molecule has 90 valence electrons. The van der Waals surface area contributed by atoms with E-state index in [1.165, 1.54) is 0 Å². The largest absolute Gasteiger partial charge is 0.432 e. The Labute approximate surface area is 110 Å². The third kappa shape index (κ3) is 2.93. The van der Waals surface area contributed by atoms with Crippen molar-refractivity contribution in [1.82, 2.24) is 4.98 Å². The van der Waals surface area contributed by atoms with E-state index >= 15 is 0 Å². The Morgan fingerprint density at radius 2 is 2.12 bits per heavy atom. The van der Waals surface area contributed by atoms with Crippen LogP contribution < -0.4 is 4.90 Å². The summed E-state index contributed by atoms with van der Waals surface area (Å²) in [5.74, 6) is 0.351. The van der Waals surface area contributed by atoms with Crippen LogP contribution in [0.2, 0.25) is 5.02 Å². The predicted octanol–water partition coefficient (Wildman–Crippen LogP) is 3.70. The van der Waals surface area contributed by atoms with E-state index in [0.29, 0.717) is 18.4 Å². The maximum Gasteiger partial charge on any atom is 0.297 e. The van der Waals surface area contributed by atoms with Crippen LogP contribution in [0.1, 0.15) is 11.3 Å². The first-order valence-corrected chi connectivity index (χ1v) is 6.07. The maximum atomic E-state index is 6.09. The number of hydrogen-bond donors (Lipinski definition) is 0. The van der Waals surface area contributed by atoms with Gasteiger partial charge >= 0.3 is 0 Å². The van der Waals surface area contributed by atoms with Gasteiger partial charge in [-0.3, -0.25) is 0 Å². The Morgan fingerprint density at radius 3 is 2.76 bits per heavy atom. The fraction of sp³-hybridized carbons (Fsp3) is 0.250. The SMILES string of the molecule is CN(Cc1ccccc1Cl)c1nc(CCl)co1. The van der Waals surface area contributed by atoms with E-state index in [1.54, 1.807) is 6.26 Å². The fourth-order valence-corrected chi connectivity index (χ4v) is 1.80. The van der Waals surface area contributed by atoms with E-state index in [1.807, 2.05) is 36.2 Å². The molecule has 0 amide bonds. The molecule has 0 aliphatic carbocycles. The van der Waals surface area contributed by atoms with Crippen molar-refractivity contribution < 1.29 is 4.42 Å². The lowest BCUT2D eigenvalue weighted by atomic mass is 10.2. The van der Waals surface area contributed by atoms with Gasteiger partial charge in [0.1, 0.15) is 6.26 Å². The summed E-state index contributed by atoms with van der Waals surface area (Å²) in [5.41, 5.74) is 1.76. The van der Waals surface area contributed by atoms with Gasteiger partial charge in [-0.2, -0.15) is 4.98 Å². The van der Waals surface area contributed by atoms with Gasteiger partial charge in [-0.15, -0.1) is 11.6 Å². The molecule has 2 aromatic rings. The molecule has 0 N–H and O–H groups in total. The molecule has 0 unspecified atom stereocenters. The van der Waals surface area contributed by atoms with E-state index in [9.17, 15) is 0 Å². The Morgan fingerprint density at radius 1 is 1.35 bits per heavy atom. The van der Waals surface area contributed by atoms with Gasteiger partial charge in [0.25, 0.3) is 6.01 Å². The highest BCUT2D eigenvalue weighted by Gasteiger charge is 2.10. The molecule has 1 heterocycles. The molecule has 0 bridgehead atoms. The molecule has 1 aromatic heterocycles. The van der Waals surface area contributed by atoms with Crippen LogP contribution in [0.15, 0.2) is 34.9 Å². The van der Waals surface area contributed by atoms with Crippen molar-refractivity contribution in [3.63, 3.8) is 0 Å². The summed E-state index contributed by atoms with van der Waals surface area (Å²) < 4.78 is 5.32. The van der Waals surface area contributed by atoms with Crippen LogP contribution in [0.5, 0.6) is 0 Å². The first-order valence-electron chi connectivity index (χ1n) is 5.15. The molecule has 0 radical (unpaired) electrons. The molecule has 0 aliphatic rings. The van der Waals surface area contributed by atoms with E-state index < -0.39 is 0 Å². The number of rotatable bonds is 4. The highest BCUT2D eigenvalue weighted by molar-refractivity contribution is 6.31. The number of benzene rings is 1. The average Bonchev–Trinajstić information content (AvgIpc) is 2.81. The lowest BCUT2D eigenvalue weighted by Gasteiger charge is -2.15. The van der Waals surface area contributed by atoms with Crippen molar-refractivity contribution >= 4 is 29.2 Å². The monoisotopic (exact) mass is 270 g/mol. The quantitative estimate of drug-likeness (QED) is 0.794. The van der Waals surface area contributed by atoms with Crippen LogP contribution in [0, 0.1) is 0 Å². The normalized spacial score (nSPS) is 10.5. The van der Waals surface area contributed by atoms with Crippen LogP contribution in [0.3, 0.4) is 0 Å².